The van der Waals surface area contributed by atoms with Crippen molar-refractivity contribution >= 4 is 33.0 Å². The molecular weight excluding hydrogens is 334 g/mol. The van der Waals surface area contributed by atoms with E-state index in [4.69, 9.17) is 5.26 Å². The third-order valence-corrected chi connectivity index (χ3v) is 4.29. The molecule has 0 aromatic heterocycles. The molecule has 0 bridgehead atoms. The summed E-state index contributed by atoms with van der Waals surface area (Å²) in [5.74, 6) is 0. The average molecular weight is 346 g/mol. The molecule has 0 unspecified atom stereocenters. The average Bonchev–Trinajstić information content (AvgIpc) is 2.44. The van der Waals surface area contributed by atoms with Gasteiger partial charge in [-0.2, -0.15) is 5.26 Å². The fraction of sp³-hybridized carbons (Fsp3) is 0.133. The van der Waals surface area contributed by atoms with Gasteiger partial charge in [-0.15, -0.1) is 0 Å². The Balaban J connectivity index is 2.37. The zero-order valence-electron chi connectivity index (χ0n) is 11.5. The van der Waals surface area contributed by atoms with Crippen LogP contribution >= 0.6 is 15.9 Å². The van der Waals surface area contributed by atoms with E-state index < -0.39 is 4.92 Å². The van der Waals surface area contributed by atoms with Crippen LogP contribution in [0.5, 0.6) is 0 Å². The van der Waals surface area contributed by atoms with Gasteiger partial charge >= 0.3 is 0 Å². The van der Waals surface area contributed by atoms with E-state index in [0.29, 0.717) is 5.69 Å². The van der Waals surface area contributed by atoms with E-state index in [1.54, 1.807) is 6.07 Å². The number of halogens is 1. The molecule has 0 spiro atoms. The predicted octanol–water partition coefficient (Wildman–Crippen LogP) is 4.59. The molecule has 0 radical (unpaired) electrons. The standard InChI is InChI=1S/C15H12BrN3O2/c1-9-5-13(6-10(2)15(9)16)18-12-3-4-14(19(20)21)11(7-12)8-17/h3-7,18H,1-2H3. The first-order valence-corrected chi connectivity index (χ1v) is 6.94. The van der Waals surface area contributed by atoms with E-state index >= 15 is 0 Å². The molecule has 2 aromatic rings. The van der Waals surface area contributed by atoms with Gasteiger partial charge in [-0.25, -0.2) is 0 Å². The van der Waals surface area contributed by atoms with Gasteiger partial charge in [-0.1, -0.05) is 15.9 Å². The monoisotopic (exact) mass is 345 g/mol. The Morgan fingerprint density at radius 2 is 1.81 bits per heavy atom. The fourth-order valence-electron chi connectivity index (χ4n) is 2.05. The van der Waals surface area contributed by atoms with Gasteiger partial charge in [0.05, 0.1) is 4.92 Å². The Morgan fingerprint density at radius 3 is 2.33 bits per heavy atom. The molecule has 0 aliphatic heterocycles. The third-order valence-electron chi connectivity index (χ3n) is 3.04. The number of nitriles is 1. The van der Waals surface area contributed by atoms with E-state index in [0.717, 1.165) is 21.3 Å². The van der Waals surface area contributed by atoms with Gasteiger partial charge < -0.3 is 5.32 Å². The highest BCUT2D eigenvalue weighted by Crippen LogP contribution is 2.28. The van der Waals surface area contributed by atoms with Gasteiger partial charge in [-0.05, 0) is 49.2 Å². The number of hydrogen-bond acceptors (Lipinski definition) is 4. The second-order valence-electron chi connectivity index (χ2n) is 4.65. The molecule has 0 heterocycles. The Hall–Kier alpha value is -2.39. The van der Waals surface area contributed by atoms with Crippen LogP contribution in [-0.2, 0) is 0 Å². The highest BCUT2D eigenvalue weighted by molar-refractivity contribution is 9.10. The number of anilines is 2. The first-order valence-electron chi connectivity index (χ1n) is 6.14. The molecule has 0 fully saturated rings. The number of aryl methyl sites for hydroxylation is 2. The number of nitro benzene ring substituents is 1. The number of hydrogen-bond donors (Lipinski definition) is 1. The molecule has 0 saturated carbocycles. The summed E-state index contributed by atoms with van der Waals surface area (Å²) >= 11 is 3.50. The van der Waals surface area contributed by atoms with E-state index in [9.17, 15) is 10.1 Å². The van der Waals surface area contributed by atoms with Crippen LogP contribution < -0.4 is 5.32 Å². The Kier molecular flexibility index (Phi) is 4.24. The van der Waals surface area contributed by atoms with Crippen LogP contribution in [0.25, 0.3) is 0 Å². The van der Waals surface area contributed by atoms with Gasteiger partial charge in [0.1, 0.15) is 11.6 Å². The summed E-state index contributed by atoms with van der Waals surface area (Å²) in [6.45, 7) is 3.97. The van der Waals surface area contributed by atoms with E-state index in [1.165, 1.54) is 12.1 Å². The zero-order valence-corrected chi connectivity index (χ0v) is 13.1. The van der Waals surface area contributed by atoms with Gasteiger partial charge in [0.2, 0.25) is 0 Å². The largest absolute Gasteiger partial charge is 0.355 e. The zero-order chi connectivity index (χ0) is 15.6. The number of nitrogens with one attached hydrogen (secondary N) is 1. The van der Waals surface area contributed by atoms with Gasteiger partial charge in [0.25, 0.3) is 5.69 Å². The summed E-state index contributed by atoms with van der Waals surface area (Å²) in [6.07, 6.45) is 0. The summed E-state index contributed by atoms with van der Waals surface area (Å²) in [7, 11) is 0. The number of rotatable bonds is 3. The van der Waals surface area contributed by atoms with Gasteiger partial charge in [0.15, 0.2) is 0 Å². The Morgan fingerprint density at radius 1 is 1.19 bits per heavy atom. The minimum absolute atomic E-state index is 0.0376. The molecule has 0 amide bonds. The van der Waals surface area contributed by atoms with Crippen LogP contribution in [-0.4, -0.2) is 4.92 Å². The van der Waals surface area contributed by atoms with Crippen molar-refractivity contribution in [3.8, 4) is 6.07 Å². The van der Waals surface area contributed by atoms with Crippen molar-refractivity contribution in [3.05, 3.63) is 61.6 Å². The lowest BCUT2D eigenvalue weighted by atomic mass is 10.1. The van der Waals surface area contributed by atoms with Crippen LogP contribution in [0.1, 0.15) is 16.7 Å². The molecule has 2 aromatic carbocycles. The summed E-state index contributed by atoms with van der Waals surface area (Å²) in [4.78, 5) is 10.2. The summed E-state index contributed by atoms with van der Waals surface area (Å²) in [5.41, 5.74) is 3.52. The highest BCUT2D eigenvalue weighted by Gasteiger charge is 2.14. The van der Waals surface area contributed by atoms with Crippen LogP contribution in [0, 0.1) is 35.3 Å². The van der Waals surface area contributed by atoms with E-state index in [-0.39, 0.29) is 11.3 Å². The number of nitrogens with zero attached hydrogens (tertiary/aromatic N) is 2. The van der Waals surface area contributed by atoms with Crippen molar-refractivity contribution in [2.45, 2.75) is 13.8 Å². The molecule has 0 atom stereocenters. The van der Waals surface area contributed by atoms with Crippen molar-refractivity contribution in [1.82, 2.24) is 0 Å². The summed E-state index contributed by atoms with van der Waals surface area (Å²) < 4.78 is 1.05. The lowest BCUT2D eigenvalue weighted by molar-refractivity contribution is -0.385. The second-order valence-corrected chi connectivity index (χ2v) is 5.44. The molecule has 0 aliphatic rings. The molecule has 2 rings (SSSR count). The molecule has 6 heteroatoms. The molecule has 106 valence electrons. The van der Waals surface area contributed by atoms with Crippen molar-refractivity contribution in [3.63, 3.8) is 0 Å². The maximum absolute atomic E-state index is 10.8. The van der Waals surface area contributed by atoms with Gasteiger partial charge in [-0.3, -0.25) is 10.1 Å². The predicted molar refractivity (Wildman–Crippen MR) is 84.7 cm³/mol. The highest BCUT2D eigenvalue weighted by atomic mass is 79.9. The van der Waals surface area contributed by atoms with Crippen molar-refractivity contribution < 1.29 is 4.92 Å². The van der Waals surface area contributed by atoms with Crippen LogP contribution in [0.2, 0.25) is 0 Å². The minimum Gasteiger partial charge on any atom is -0.355 e. The fourth-order valence-corrected chi connectivity index (χ4v) is 2.28. The Bertz CT molecular complexity index is 743. The molecular formula is C15H12BrN3O2. The Labute approximate surface area is 130 Å². The summed E-state index contributed by atoms with van der Waals surface area (Å²) in [5, 5.41) is 23.0. The second kappa shape index (κ2) is 5.94. The third kappa shape index (κ3) is 3.20. The quantitative estimate of drug-likeness (QED) is 0.651. The normalized spacial score (nSPS) is 10.0. The van der Waals surface area contributed by atoms with E-state index in [1.807, 2.05) is 32.0 Å². The SMILES string of the molecule is Cc1cc(Nc2ccc([N+](=O)[O-])c(C#N)c2)cc(C)c1Br. The van der Waals surface area contributed by atoms with Crippen molar-refractivity contribution in [1.29, 1.82) is 5.26 Å². The molecule has 21 heavy (non-hydrogen) atoms. The smallest absolute Gasteiger partial charge is 0.287 e. The van der Waals surface area contributed by atoms with Crippen molar-refractivity contribution in [2.24, 2.45) is 0 Å². The topological polar surface area (TPSA) is 79.0 Å². The molecule has 0 saturated heterocycles. The molecule has 0 aliphatic carbocycles. The number of nitro groups is 1. The minimum atomic E-state index is -0.559. The lowest BCUT2D eigenvalue weighted by Crippen LogP contribution is -1.96. The maximum atomic E-state index is 10.8. The van der Waals surface area contributed by atoms with Crippen LogP contribution in [0.4, 0.5) is 17.1 Å². The van der Waals surface area contributed by atoms with Gasteiger partial charge in [0, 0.05) is 21.9 Å². The van der Waals surface area contributed by atoms with Crippen LogP contribution in [0.15, 0.2) is 34.8 Å². The first-order chi connectivity index (χ1) is 9.92. The molecule has 1 N–H and O–H groups in total. The maximum Gasteiger partial charge on any atom is 0.287 e. The summed E-state index contributed by atoms with van der Waals surface area (Å²) in [6, 6.07) is 10.2. The van der Waals surface area contributed by atoms with Crippen LogP contribution in [0.3, 0.4) is 0 Å². The van der Waals surface area contributed by atoms with E-state index in [2.05, 4.69) is 21.2 Å². The first kappa shape index (κ1) is 15.0. The van der Waals surface area contributed by atoms with Crippen molar-refractivity contribution in [2.75, 3.05) is 5.32 Å². The molecule has 5 nitrogen and oxygen atoms in total. The lowest BCUT2D eigenvalue weighted by Gasteiger charge is -2.11. The number of benzene rings is 2.